The van der Waals surface area contributed by atoms with Gasteiger partial charge in [0.25, 0.3) is 0 Å². The highest BCUT2D eigenvalue weighted by Gasteiger charge is 2.16. The highest BCUT2D eigenvalue weighted by atomic mass is 14.9. The monoisotopic (exact) mass is 264 g/mol. The Morgan fingerprint density at radius 3 is 2.45 bits per heavy atom. The first kappa shape index (κ1) is 12.9. The summed E-state index contributed by atoms with van der Waals surface area (Å²) < 4.78 is 2.19. The number of hydrogen-bond acceptors (Lipinski definition) is 1. The van der Waals surface area contributed by atoms with Crippen molar-refractivity contribution >= 4 is 10.9 Å². The first-order valence-electron chi connectivity index (χ1n) is 7.07. The van der Waals surface area contributed by atoms with Crippen molar-refractivity contribution in [1.82, 2.24) is 4.57 Å². The molecule has 0 amide bonds. The number of rotatable bonds is 4. The molecule has 2 aromatic carbocycles. The topological polar surface area (TPSA) is 30.9 Å². The molecular formula is C18H20N2. The molecule has 0 spiro atoms. The zero-order chi connectivity index (χ0) is 13.9. The molecule has 0 aliphatic heterocycles. The van der Waals surface area contributed by atoms with Gasteiger partial charge >= 0.3 is 0 Å². The quantitative estimate of drug-likeness (QED) is 0.768. The van der Waals surface area contributed by atoms with E-state index in [-0.39, 0.29) is 0 Å². The predicted octanol–water partition coefficient (Wildman–Crippen LogP) is 3.46. The van der Waals surface area contributed by atoms with Gasteiger partial charge in [-0.25, -0.2) is 0 Å². The van der Waals surface area contributed by atoms with Crippen LogP contribution in [0.5, 0.6) is 0 Å². The summed E-state index contributed by atoms with van der Waals surface area (Å²) in [7, 11) is 2.10. The highest BCUT2D eigenvalue weighted by molar-refractivity contribution is 5.84. The van der Waals surface area contributed by atoms with Crippen molar-refractivity contribution in [3.05, 3.63) is 71.9 Å². The summed E-state index contributed by atoms with van der Waals surface area (Å²) in [6, 6.07) is 19.1. The van der Waals surface area contributed by atoms with E-state index in [1.54, 1.807) is 0 Å². The van der Waals surface area contributed by atoms with E-state index in [0.717, 1.165) is 6.42 Å². The van der Waals surface area contributed by atoms with Gasteiger partial charge in [0.15, 0.2) is 0 Å². The van der Waals surface area contributed by atoms with E-state index in [2.05, 4.69) is 72.4 Å². The SMILES string of the molecule is Cn1cc(C(CN)Cc2ccccc2)c2ccccc21. The molecule has 1 aromatic heterocycles. The Bertz CT molecular complexity index is 698. The predicted molar refractivity (Wildman–Crippen MR) is 84.9 cm³/mol. The minimum atomic E-state index is 0.364. The van der Waals surface area contributed by atoms with Gasteiger partial charge in [-0.05, 0) is 30.2 Å². The van der Waals surface area contributed by atoms with Crippen LogP contribution in [-0.2, 0) is 13.5 Å². The number of aromatic nitrogens is 1. The summed E-state index contributed by atoms with van der Waals surface area (Å²) in [6.07, 6.45) is 3.22. The fourth-order valence-corrected chi connectivity index (χ4v) is 2.92. The van der Waals surface area contributed by atoms with Gasteiger partial charge < -0.3 is 10.3 Å². The number of fused-ring (bicyclic) bond motifs is 1. The molecule has 2 N–H and O–H groups in total. The summed E-state index contributed by atoms with van der Waals surface area (Å²) in [6.45, 7) is 0.670. The number of nitrogens with two attached hydrogens (primary N) is 1. The molecule has 0 saturated heterocycles. The standard InChI is InChI=1S/C18H20N2/c1-20-13-17(16-9-5-6-10-18(16)20)15(12-19)11-14-7-3-2-4-8-14/h2-10,13,15H,11-12,19H2,1H3. The van der Waals surface area contributed by atoms with Gasteiger partial charge in [-0.1, -0.05) is 48.5 Å². The lowest BCUT2D eigenvalue weighted by Gasteiger charge is -2.14. The van der Waals surface area contributed by atoms with E-state index in [0.29, 0.717) is 12.5 Å². The number of nitrogens with zero attached hydrogens (tertiary/aromatic N) is 1. The third-order valence-corrected chi connectivity index (χ3v) is 3.98. The van der Waals surface area contributed by atoms with Crippen LogP contribution in [0.1, 0.15) is 17.0 Å². The molecule has 0 aliphatic rings. The minimum Gasteiger partial charge on any atom is -0.350 e. The molecule has 1 atom stereocenters. The van der Waals surface area contributed by atoms with Crippen molar-refractivity contribution in [3.63, 3.8) is 0 Å². The van der Waals surface area contributed by atoms with Gasteiger partial charge in [0.1, 0.15) is 0 Å². The van der Waals surface area contributed by atoms with E-state index >= 15 is 0 Å². The Kier molecular flexibility index (Phi) is 3.57. The molecular weight excluding hydrogens is 244 g/mol. The molecule has 3 aromatic rings. The van der Waals surface area contributed by atoms with Crippen LogP contribution in [0.2, 0.25) is 0 Å². The number of aryl methyl sites for hydroxylation is 1. The summed E-state index contributed by atoms with van der Waals surface area (Å²) in [5.74, 6) is 0.364. The number of para-hydroxylation sites is 1. The average Bonchev–Trinajstić information content (AvgIpc) is 2.84. The highest BCUT2D eigenvalue weighted by Crippen LogP contribution is 2.29. The third kappa shape index (κ3) is 2.35. The zero-order valence-electron chi connectivity index (χ0n) is 11.8. The van der Waals surface area contributed by atoms with Crippen LogP contribution in [0.3, 0.4) is 0 Å². The van der Waals surface area contributed by atoms with Crippen molar-refractivity contribution in [2.45, 2.75) is 12.3 Å². The lowest BCUT2D eigenvalue weighted by atomic mass is 9.92. The van der Waals surface area contributed by atoms with Crippen molar-refractivity contribution in [2.75, 3.05) is 6.54 Å². The average molecular weight is 264 g/mol. The van der Waals surface area contributed by atoms with E-state index in [9.17, 15) is 0 Å². The van der Waals surface area contributed by atoms with Crippen LogP contribution in [0, 0.1) is 0 Å². The van der Waals surface area contributed by atoms with Gasteiger partial charge in [0.2, 0.25) is 0 Å². The van der Waals surface area contributed by atoms with Crippen LogP contribution in [0.4, 0.5) is 0 Å². The molecule has 0 fully saturated rings. The summed E-state index contributed by atoms with van der Waals surface area (Å²) in [4.78, 5) is 0. The van der Waals surface area contributed by atoms with E-state index in [1.807, 2.05) is 0 Å². The summed E-state index contributed by atoms with van der Waals surface area (Å²) in [5, 5.41) is 1.32. The largest absolute Gasteiger partial charge is 0.350 e. The maximum atomic E-state index is 6.04. The van der Waals surface area contributed by atoms with Gasteiger partial charge in [-0.3, -0.25) is 0 Å². The second-order valence-electron chi connectivity index (χ2n) is 5.33. The van der Waals surface area contributed by atoms with Crippen LogP contribution < -0.4 is 5.73 Å². The molecule has 1 heterocycles. The maximum Gasteiger partial charge on any atom is 0.0480 e. The normalized spacial score (nSPS) is 12.7. The molecule has 0 saturated carbocycles. The smallest absolute Gasteiger partial charge is 0.0480 e. The Hall–Kier alpha value is -2.06. The third-order valence-electron chi connectivity index (χ3n) is 3.98. The molecule has 0 aliphatic carbocycles. The van der Waals surface area contributed by atoms with Crippen LogP contribution in [0.25, 0.3) is 10.9 Å². The van der Waals surface area contributed by atoms with E-state index in [1.165, 1.54) is 22.0 Å². The fraction of sp³-hybridized carbons (Fsp3) is 0.222. The fourth-order valence-electron chi connectivity index (χ4n) is 2.92. The Morgan fingerprint density at radius 1 is 1.00 bits per heavy atom. The molecule has 2 heteroatoms. The molecule has 20 heavy (non-hydrogen) atoms. The number of hydrogen-bond donors (Lipinski definition) is 1. The Labute approximate surface area is 119 Å². The second-order valence-corrected chi connectivity index (χ2v) is 5.33. The first-order valence-corrected chi connectivity index (χ1v) is 7.07. The van der Waals surface area contributed by atoms with Crippen LogP contribution >= 0.6 is 0 Å². The lowest BCUT2D eigenvalue weighted by Crippen LogP contribution is -2.14. The van der Waals surface area contributed by atoms with Crippen molar-refractivity contribution in [3.8, 4) is 0 Å². The van der Waals surface area contributed by atoms with Crippen LogP contribution in [-0.4, -0.2) is 11.1 Å². The lowest BCUT2D eigenvalue weighted by molar-refractivity contribution is 0.696. The number of benzene rings is 2. The van der Waals surface area contributed by atoms with E-state index in [4.69, 9.17) is 5.73 Å². The summed E-state index contributed by atoms with van der Waals surface area (Å²) in [5.41, 5.74) is 10.0. The van der Waals surface area contributed by atoms with Crippen molar-refractivity contribution < 1.29 is 0 Å². The zero-order valence-corrected chi connectivity index (χ0v) is 11.8. The van der Waals surface area contributed by atoms with E-state index < -0.39 is 0 Å². The van der Waals surface area contributed by atoms with Crippen molar-refractivity contribution in [2.24, 2.45) is 12.8 Å². The van der Waals surface area contributed by atoms with Gasteiger partial charge in [-0.15, -0.1) is 0 Å². The van der Waals surface area contributed by atoms with Crippen molar-refractivity contribution in [1.29, 1.82) is 0 Å². The second kappa shape index (κ2) is 5.51. The summed E-state index contributed by atoms with van der Waals surface area (Å²) >= 11 is 0. The van der Waals surface area contributed by atoms with Gasteiger partial charge in [0, 0.05) is 30.1 Å². The molecule has 1 unspecified atom stereocenters. The van der Waals surface area contributed by atoms with Gasteiger partial charge in [0.05, 0.1) is 0 Å². The maximum absolute atomic E-state index is 6.04. The molecule has 2 nitrogen and oxygen atoms in total. The molecule has 0 radical (unpaired) electrons. The van der Waals surface area contributed by atoms with Gasteiger partial charge in [-0.2, -0.15) is 0 Å². The minimum absolute atomic E-state index is 0.364. The Morgan fingerprint density at radius 2 is 1.70 bits per heavy atom. The Balaban J connectivity index is 1.99. The first-order chi connectivity index (χ1) is 9.79. The molecule has 3 rings (SSSR count). The van der Waals surface area contributed by atoms with Crippen LogP contribution in [0.15, 0.2) is 60.8 Å². The molecule has 0 bridgehead atoms. The molecule has 102 valence electrons.